The van der Waals surface area contributed by atoms with E-state index in [4.69, 9.17) is 19.6 Å². The summed E-state index contributed by atoms with van der Waals surface area (Å²) in [5, 5.41) is 7.12. The Morgan fingerprint density at radius 3 is 2.52 bits per heavy atom. The van der Waals surface area contributed by atoms with Crippen LogP contribution in [0, 0.1) is 0 Å². The number of ether oxygens (including phenoxy) is 1. The Balaban J connectivity index is 0.000000383. The number of aliphatic carboxylic acids is 1. The largest absolute Gasteiger partial charge is 0.490 e. The number of nitrogens with zero attached hydrogens (tertiary/aromatic N) is 5. The van der Waals surface area contributed by atoms with Gasteiger partial charge in [-0.2, -0.15) is 18.2 Å². The second-order valence-electron chi connectivity index (χ2n) is 6.87. The first kappa shape index (κ1) is 24.5. The molecule has 0 amide bonds. The highest BCUT2D eigenvalue weighted by Crippen LogP contribution is 2.42. The molecule has 0 saturated carbocycles. The lowest BCUT2D eigenvalue weighted by atomic mass is 10.1. The van der Waals surface area contributed by atoms with Gasteiger partial charge in [0, 0.05) is 35.9 Å². The van der Waals surface area contributed by atoms with E-state index < -0.39 is 12.1 Å². The zero-order valence-electron chi connectivity index (χ0n) is 17.6. The van der Waals surface area contributed by atoms with Crippen LogP contribution in [0.3, 0.4) is 0 Å². The highest BCUT2D eigenvalue weighted by Gasteiger charge is 2.38. The summed E-state index contributed by atoms with van der Waals surface area (Å²) in [7, 11) is 0. The van der Waals surface area contributed by atoms with Gasteiger partial charge in [0.2, 0.25) is 5.88 Å². The topological polar surface area (TPSA) is 111 Å². The van der Waals surface area contributed by atoms with Crippen LogP contribution in [0.2, 0.25) is 0 Å². The van der Waals surface area contributed by atoms with E-state index >= 15 is 0 Å². The van der Waals surface area contributed by atoms with Crippen molar-refractivity contribution >= 4 is 37.5 Å². The van der Waals surface area contributed by atoms with Crippen LogP contribution in [-0.4, -0.2) is 48.8 Å². The Morgan fingerprint density at radius 2 is 1.88 bits per heavy atom. The third-order valence-electron chi connectivity index (χ3n) is 4.60. The van der Waals surface area contributed by atoms with Gasteiger partial charge in [-0.15, -0.1) is 0 Å². The summed E-state index contributed by atoms with van der Waals surface area (Å²) < 4.78 is 38.6. The van der Waals surface area contributed by atoms with Crippen molar-refractivity contribution in [2.45, 2.75) is 39.3 Å². The van der Waals surface area contributed by atoms with E-state index in [2.05, 4.69) is 42.8 Å². The Kier molecular flexibility index (Phi) is 7.57. The lowest BCUT2D eigenvalue weighted by Crippen LogP contribution is -2.21. The summed E-state index contributed by atoms with van der Waals surface area (Å²) in [6.07, 6.45) is 2.42. The molecule has 1 aliphatic carbocycles. The fraction of sp³-hybridized carbons (Fsp3) is 0.333. The van der Waals surface area contributed by atoms with E-state index in [1.165, 1.54) is 5.57 Å². The summed E-state index contributed by atoms with van der Waals surface area (Å²) in [6.45, 7) is 4.68. The number of carboxylic acids is 1. The van der Waals surface area contributed by atoms with Crippen LogP contribution in [0.25, 0.3) is 15.6 Å². The molecule has 0 aliphatic heterocycles. The van der Waals surface area contributed by atoms with Crippen LogP contribution in [0.5, 0.6) is 5.88 Å². The van der Waals surface area contributed by atoms with Crippen LogP contribution >= 0.6 is 15.9 Å². The van der Waals surface area contributed by atoms with E-state index in [1.807, 2.05) is 13.0 Å². The predicted molar refractivity (Wildman–Crippen MR) is 117 cm³/mol. The Labute approximate surface area is 195 Å². The van der Waals surface area contributed by atoms with Crippen molar-refractivity contribution < 1.29 is 27.8 Å². The molecule has 0 spiro atoms. The molecule has 174 valence electrons. The van der Waals surface area contributed by atoms with E-state index in [9.17, 15) is 13.2 Å². The van der Waals surface area contributed by atoms with Crippen molar-refractivity contribution in [1.82, 2.24) is 24.9 Å². The van der Waals surface area contributed by atoms with Gasteiger partial charge in [-0.05, 0) is 46.5 Å². The smallest absolute Gasteiger partial charge is 0.477 e. The lowest BCUT2D eigenvalue weighted by molar-refractivity contribution is -0.192. The van der Waals surface area contributed by atoms with Crippen LogP contribution in [0.4, 0.5) is 13.2 Å². The molecule has 0 aromatic carbocycles. The monoisotopic (exact) mass is 525 g/mol. The van der Waals surface area contributed by atoms with Gasteiger partial charge in [0.1, 0.15) is 11.3 Å². The molecule has 0 unspecified atom stereocenters. The van der Waals surface area contributed by atoms with Crippen molar-refractivity contribution in [2.75, 3.05) is 6.61 Å². The molecule has 0 bridgehead atoms. The zero-order valence-corrected chi connectivity index (χ0v) is 19.2. The second kappa shape index (κ2) is 10.2. The summed E-state index contributed by atoms with van der Waals surface area (Å²) in [5.74, 6) is -1.38. The number of fused-ring (bicyclic) bond motifs is 2. The van der Waals surface area contributed by atoms with Crippen molar-refractivity contribution in [2.24, 2.45) is 0 Å². The fourth-order valence-electron chi connectivity index (χ4n) is 3.12. The fourth-order valence-corrected chi connectivity index (χ4v) is 3.94. The van der Waals surface area contributed by atoms with Gasteiger partial charge in [0.15, 0.2) is 5.65 Å². The number of allylic oxidation sites excluding steroid dienone is 1. The summed E-state index contributed by atoms with van der Waals surface area (Å²) in [6, 6.07) is 1.98. The molecule has 1 aliphatic rings. The van der Waals surface area contributed by atoms with Crippen molar-refractivity contribution in [3.63, 3.8) is 0 Å². The molecular weight excluding hydrogens is 507 g/mol. The third-order valence-corrected chi connectivity index (χ3v) is 5.56. The summed E-state index contributed by atoms with van der Waals surface area (Å²) in [5.41, 5.74) is 5.76. The molecular formula is C21H19BrF3N5O3. The van der Waals surface area contributed by atoms with Gasteiger partial charge < -0.3 is 9.84 Å². The number of halogens is 4. The Hall–Kier alpha value is -3.15. The van der Waals surface area contributed by atoms with Gasteiger partial charge in [-0.1, -0.05) is 6.92 Å². The molecule has 8 nitrogen and oxygen atoms in total. The summed E-state index contributed by atoms with van der Waals surface area (Å²) in [4.78, 5) is 31.2. The number of hydrogen-bond donors (Lipinski definition) is 1. The summed E-state index contributed by atoms with van der Waals surface area (Å²) >= 11 is 3.70. The van der Waals surface area contributed by atoms with Crippen LogP contribution in [0.15, 0.2) is 30.2 Å². The standard InChI is InChI=1S/C19H18BrN5O.C2HF3O2/c1-3-12-9-13-16(17(12)20)19(26-4-2)25-15(24-13)8-11-7-14-18(23-10-11)22-6-5-21-14;3-2(4,5)1(6)7/h5-7,10H,3-4,8-9H2,1-2H3;(H,6,7). The number of pyridine rings is 1. The number of rotatable bonds is 5. The number of carboxylic acid groups (broad SMARTS) is 1. The maximum Gasteiger partial charge on any atom is 0.490 e. The van der Waals surface area contributed by atoms with Gasteiger partial charge in [-0.3, -0.25) is 4.98 Å². The Morgan fingerprint density at radius 1 is 1.18 bits per heavy atom. The van der Waals surface area contributed by atoms with Gasteiger partial charge in [-0.25, -0.2) is 19.7 Å². The average Bonchev–Trinajstić information content (AvgIpc) is 3.09. The first-order valence-electron chi connectivity index (χ1n) is 9.90. The number of hydrogen-bond acceptors (Lipinski definition) is 7. The van der Waals surface area contributed by atoms with Crippen LogP contribution in [0.1, 0.15) is 42.9 Å². The molecule has 12 heteroatoms. The van der Waals surface area contributed by atoms with Gasteiger partial charge in [0.25, 0.3) is 0 Å². The maximum absolute atomic E-state index is 10.6. The van der Waals surface area contributed by atoms with Crippen LogP contribution in [-0.2, 0) is 17.6 Å². The third kappa shape index (κ3) is 5.81. The van der Waals surface area contributed by atoms with Crippen LogP contribution < -0.4 is 4.74 Å². The minimum atomic E-state index is -5.08. The molecule has 0 radical (unpaired) electrons. The molecule has 4 rings (SSSR count). The number of alkyl halides is 3. The molecule has 33 heavy (non-hydrogen) atoms. The van der Waals surface area contributed by atoms with Crippen molar-refractivity contribution in [3.8, 4) is 5.88 Å². The number of aromatic nitrogens is 5. The average molecular weight is 526 g/mol. The lowest BCUT2D eigenvalue weighted by Gasteiger charge is -2.11. The molecule has 3 aromatic heterocycles. The Bertz CT molecular complexity index is 1220. The quantitative estimate of drug-likeness (QED) is 0.517. The minimum Gasteiger partial charge on any atom is -0.477 e. The van der Waals surface area contributed by atoms with Gasteiger partial charge in [0.05, 0.1) is 17.9 Å². The van der Waals surface area contributed by atoms with Crippen molar-refractivity contribution in [3.05, 3.63) is 52.9 Å². The second-order valence-corrected chi connectivity index (χ2v) is 7.66. The zero-order chi connectivity index (χ0) is 24.2. The van der Waals surface area contributed by atoms with Gasteiger partial charge >= 0.3 is 12.1 Å². The molecule has 0 saturated heterocycles. The molecule has 1 N–H and O–H groups in total. The van der Waals surface area contributed by atoms with E-state index in [0.29, 0.717) is 24.6 Å². The molecule has 0 fully saturated rings. The highest BCUT2D eigenvalue weighted by molar-refractivity contribution is 9.15. The maximum atomic E-state index is 10.6. The van der Waals surface area contributed by atoms with E-state index in [1.54, 1.807) is 18.6 Å². The molecule has 0 atom stereocenters. The highest BCUT2D eigenvalue weighted by atomic mass is 79.9. The molecule has 3 heterocycles. The first-order chi connectivity index (χ1) is 15.6. The van der Waals surface area contributed by atoms with Crippen molar-refractivity contribution in [1.29, 1.82) is 0 Å². The minimum absolute atomic E-state index is 0.567. The number of carbonyl (C=O) groups is 1. The first-order valence-corrected chi connectivity index (χ1v) is 10.7. The normalized spacial score (nSPS) is 12.9. The van der Waals surface area contributed by atoms with E-state index in [-0.39, 0.29) is 0 Å². The molecule has 3 aromatic rings. The predicted octanol–water partition coefficient (Wildman–Crippen LogP) is 4.51. The SMILES string of the molecule is CCOc1nc(Cc2cnc3nccnc3c2)nc2c1C(Br)=C(CC)C2.O=C(O)C(F)(F)F. The van der Waals surface area contributed by atoms with E-state index in [0.717, 1.165) is 45.5 Å².